The molecule has 2 rings (SSSR count). The molecule has 0 unspecified atom stereocenters. The van der Waals surface area contributed by atoms with Crippen LogP contribution in [0.2, 0.25) is 0 Å². The molecule has 0 aliphatic carbocycles. The van der Waals surface area contributed by atoms with E-state index in [1.807, 2.05) is 6.08 Å². The molecule has 0 spiro atoms. The largest absolute Gasteiger partial charge is 0.465 e. The fraction of sp³-hybridized carbons (Fsp3) is 0.200. The van der Waals surface area contributed by atoms with Crippen molar-refractivity contribution >= 4 is 15.7 Å². The molecule has 80 valence electrons. The molecule has 0 aromatic heterocycles. The van der Waals surface area contributed by atoms with Crippen LogP contribution < -0.4 is 9.46 Å². The van der Waals surface area contributed by atoms with E-state index in [0.29, 0.717) is 5.69 Å². The molecule has 0 radical (unpaired) electrons. The zero-order valence-electron chi connectivity index (χ0n) is 8.23. The summed E-state index contributed by atoms with van der Waals surface area (Å²) in [5.74, 6) is 0.775. The van der Waals surface area contributed by atoms with Crippen LogP contribution in [0.15, 0.2) is 30.5 Å². The van der Waals surface area contributed by atoms with Crippen LogP contribution in [0.25, 0.3) is 0 Å². The lowest BCUT2D eigenvalue weighted by Gasteiger charge is -2.13. The van der Waals surface area contributed by atoms with Crippen molar-refractivity contribution in [1.82, 2.24) is 0 Å². The normalized spacial score (nSPS) is 14.2. The summed E-state index contributed by atoms with van der Waals surface area (Å²) in [5, 5.41) is 0. The second-order valence-corrected chi connectivity index (χ2v) is 5.14. The third-order valence-corrected chi connectivity index (χ3v) is 2.60. The van der Waals surface area contributed by atoms with Crippen molar-refractivity contribution in [3.05, 3.63) is 36.1 Å². The topological polar surface area (TPSA) is 55.4 Å². The van der Waals surface area contributed by atoms with E-state index in [4.69, 9.17) is 4.74 Å². The minimum absolute atomic E-state index is 0.565. The van der Waals surface area contributed by atoms with Crippen LogP contribution in [0.5, 0.6) is 5.75 Å². The lowest BCUT2D eigenvalue weighted by Crippen LogP contribution is -2.10. The molecule has 1 aromatic carbocycles. The van der Waals surface area contributed by atoms with Crippen molar-refractivity contribution < 1.29 is 13.2 Å². The number of allylic oxidation sites excluding steroid dienone is 1. The van der Waals surface area contributed by atoms with Crippen LogP contribution in [0, 0.1) is 0 Å². The number of nitrogens with one attached hydrogen (secondary N) is 1. The van der Waals surface area contributed by atoms with Gasteiger partial charge in [0.15, 0.2) is 0 Å². The molecule has 15 heavy (non-hydrogen) atoms. The summed E-state index contributed by atoms with van der Waals surface area (Å²) in [4.78, 5) is 0. The first-order valence-electron chi connectivity index (χ1n) is 4.47. The lowest BCUT2D eigenvalue weighted by molar-refractivity contribution is 0.465. The van der Waals surface area contributed by atoms with E-state index in [1.165, 1.54) is 0 Å². The molecule has 1 N–H and O–H groups in total. The number of anilines is 1. The van der Waals surface area contributed by atoms with Gasteiger partial charge in [0, 0.05) is 11.3 Å². The molecule has 0 saturated heterocycles. The van der Waals surface area contributed by atoms with E-state index in [9.17, 15) is 8.42 Å². The van der Waals surface area contributed by atoms with E-state index < -0.39 is 10.0 Å². The number of benzene rings is 1. The predicted molar refractivity (Wildman–Crippen MR) is 58.4 cm³/mol. The Hall–Kier alpha value is -1.49. The molecule has 1 aromatic rings. The van der Waals surface area contributed by atoms with Gasteiger partial charge in [0.25, 0.3) is 0 Å². The Labute approximate surface area is 88.6 Å². The molecule has 1 heterocycles. The van der Waals surface area contributed by atoms with E-state index in [0.717, 1.165) is 24.0 Å². The Morgan fingerprint density at radius 2 is 2.20 bits per heavy atom. The maximum absolute atomic E-state index is 11.0. The molecule has 0 fully saturated rings. The third kappa shape index (κ3) is 2.50. The summed E-state index contributed by atoms with van der Waals surface area (Å²) in [6.07, 6.45) is 5.40. The van der Waals surface area contributed by atoms with Gasteiger partial charge in [-0.15, -0.1) is 0 Å². The molecule has 5 heteroatoms. The van der Waals surface area contributed by atoms with Gasteiger partial charge in [-0.05, 0) is 30.7 Å². The Morgan fingerprint density at radius 3 is 2.93 bits per heavy atom. The summed E-state index contributed by atoms with van der Waals surface area (Å²) in [6, 6.07) is 5.21. The second kappa shape index (κ2) is 3.58. The molecule has 0 saturated carbocycles. The highest BCUT2D eigenvalue weighted by Gasteiger charge is 2.08. The van der Waals surface area contributed by atoms with Crippen molar-refractivity contribution in [3.8, 4) is 5.75 Å². The monoisotopic (exact) mass is 225 g/mol. The van der Waals surface area contributed by atoms with Gasteiger partial charge in [-0.1, -0.05) is 0 Å². The summed E-state index contributed by atoms with van der Waals surface area (Å²) < 4.78 is 29.7. The van der Waals surface area contributed by atoms with Crippen molar-refractivity contribution in [2.24, 2.45) is 0 Å². The fourth-order valence-electron chi connectivity index (χ4n) is 1.43. The van der Waals surface area contributed by atoms with Gasteiger partial charge < -0.3 is 4.74 Å². The SMILES string of the molecule is CS(=O)(=O)Nc1ccc2c(c1)CC=CO2. The van der Waals surface area contributed by atoms with E-state index >= 15 is 0 Å². The first kappa shape index (κ1) is 10.0. The van der Waals surface area contributed by atoms with Crippen LogP contribution >= 0.6 is 0 Å². The Balaban J connectivity index is 2.30. The summed E-state index contributed by atoms with van der Waals surface area (Å²) in [5.41, 5.74) is 1.54. The zero-order valence-corrected chi connectivity index (χ0v) is 9.04. The highest BCUT2D eigenvalue weighted by molar-refractivity contribution is 7.92. The van der Waals surface area contributed by atoms with Gasteiger partial charge in [-0.3, -0.25) is 4.72 Å². The quantitative estimate of drug-likeness (QED) is 0.830. The Bertz CT molecular complexity index is 505. The van der Waals surface area contributed by atoms with Crippen molar-refractivity contribution in [2.75, 3.05) is 11.0 Å². The van der Waals surface area contributed by atoms with Crippen LogP contribution in [0.3, 0.4) is 0 Å². The number of fused-ring (bicyclic) bond motifs is 1. The molecular weight excluding hydrogens is 214 g/mol. The third-order valence-electron chi connectivity index (χ3n) is 1.99. The fourth-order valence-corrected chi connectivity index (χ4v) is 1.98. The van der Waals surface area contributed by atoms with E-state index in [2.05, 4.69) is 4.72 Å². The van der Waals surface area contributed by atoms with Crippen LogP contribution in [0.1, 0.15) is 5.56 Å². The van der Waals surface area contributed by atoms with Crippen LogP contribution in [-0.4, -0.2) is 14.7 Å². The molecular formula is C10H11NO3S. The average molecular weight is 225 g/mol. The number of ether oxygens (including phenoxy) is 1. The summed E-state index contributed by atoms with van der Waals surface area (Å²) in [6.45, 7) is 0. The van der Waals surface area contributed by atoms with E-state index in [1.54, 1.807) is 24.5 Å². The first-order valence-corrected chi connectivity index (χ1v) is 6.36. The maximum atomic E-state index is 11.0. The van der Waals surface area contributed by atoms with Gasteiger partial charge in [-0.25, -0.2) is 8.42 Å². The van der Waals surface area contributed by atoms with Gasteiger partial charge in [-0.2, -0.15) is 0 Å². The van der Waals surface area contributed by atoms with Gasteiger partial charge in [0.05, 0.1) is 12.5 Å². The minimum Gasteiger partial charge on any atom is -0.465 e. The predicted octanol–water partition coefficient (Wildman–Crippen LogP) is 1.51. The lowest BCUT2D eigenvalue weighted by atomic mass is 10.1. The summed E-state index contributed by atoms with van der Waals surface area (Å²) in [7, 11) is -3.21. The Morgan fingerprint density at radius 1 is 1.40 bits per heavy atom. The van der Waals surface area contributed by atoms with Crippen molar-refractivity contribution in [2.45, 2.75) is 6.42 Å². The second-order valence-electron chi connectivity index (χ2n) is 3.39. The molecule has 1 aliphatic heterocycles. The van der Waals surface area contributed by atoms with Crippen molar-refractivity contribution in [1.29, 1.82) is 0 Å². The maximum Gasteiger partial charge on any atom is 0.229 e. The van der Waals surface area contributed by atoms with Gasteiger partial charge >= 0.3 is 0 Å². The standard InChI is InChI=1S/C10H11NO3S/c1-15(12,13)11-9-4-5-10-8(7-9)3-2-6-14-10/h2,4-7,11H,3H2,1H3. The molecule has 1 aliphatic rings. The first-order chi connectivity index (χ1) is 7.04. The molecule has 0 amide bonds. The number of rotatable bonds is 2. The molecule has 0 atom stereocenters. The Kier molecular flexibility index (Phi) is 2.40. The summed E-state index contributed by atoms with van der Waals surface area (Å²) >= 11 is 0. The van der Waals surface area contributed by atoms with Crippen molar-refractivity contribution in [3.63, 3.8) is 0 Å². The highest BCUT2D eigenvalue weighted by Crippen LogP contribution is 2.26. The van der Waals surface area contributed by atoms with Crippen LogP contribution in [-0.2, 0) is 16.4 Å². The van der Waals surface area contributed by atoms with Gasteiger partial charge in [0.1, 0.15) is 5.75 Å². The minimum atomic E-state index is -3.21. The van der Waals surface area contributed by atoms with Crippen LogP contribution in [0.4, 0.5) is 5.69 Å². The zero-order chi connectivity index (χ0) is 10.9. The van der Waals surface area contributed by atoms with E-state index in [-0.39, 0.29) is 0 Å². The molecule has 0 bridgehead atoms. The van der Waals surface area contributed by atoms with Gasteiger partial charge in [0.2, 0.25) is 10.0 Å². The molecule has 4 nitrogen and oxygen atoms in total. The number of hydrogen-bond acceptors (Lipinski definition) is 3. The highest BCUT2D eigenvalue weighted by atomic mass is 32.2. The smallest absolute Gasteiger partial charge is 0.229 e. The average Bonchev–Trinajstić information content (AvgIpc) is 2.15. The number of sulfonamides is 1. The number of hydrogen-bond donors (Lipinski definition) is 1.